The van der Waals surface area contributed by atoms with Crippen molar-refractivity contribution in [1.82, 2.24) is 9.88 Å². The van der Waals surface area contributed by atoms with Crippen molar-refractivity contribution in [2.75, 3.05) is 13.2 Å². The second-order valence-electron chi connectivity index (χ2n) is 7.10. The molecule has 3 aromatic rings. The van der Waals surface area contributed by atoms with Crippen LogP contribution in [-0.2, 0) is 4.79 Å². The van der Waals surface area contributed by atoms with Crippen molar-refractivity contribution in [1.29, 1.82) is 0 Å². The summed E-state index contributed by atoms with van der Waals surface area (Å²) in [7, 11) is 0. The van der Waals surface area contributed by atoms with Gasteiger partial charge in [0.05, 0.1) is 22.9 Å². The largest absolute Gasteiger partial charge is 0.494 e. The fourth-order valence-corrected chi connectivity index (χ4v) is 4.77. The average molecular weight is 413 g/mol. The molecule has 1 aromatic heterocycles. The van der Waals surface area contributed by atoms with Gasteiger partial charge in [0.25, 0.3) is 5.91 Å². The molecule has 2 N–H and O–H groups in total. The molecule has 152 valence electrons. The maximum absolute atomic E-state index is 13.0. The molecule has 0 spiro atoms. The van der Waals surface area contributed by atoms with Gasteiger partial charge in [0.2, 0.25) is 0 Å². The van der Waals surface area contributed by atoms with Gasteiger partial charge in [-0.25, -0.2) is 4.98 Å². The Morgan fingerprint density at radius 1 is 1.24 bits per heavy atom. The number of carbonyl (C=O) groups excluding carboxylic acids is 1. The molecule has 0 bridgehead atoms. The molecule has 6 nitrogen and oxygen atoms in total. The molecule has 7 heteroatoms. The van der Waals surface area contributed by atoms with E-state index in [0.717, 1.165) is 34.4 Å². The number of aliphatic hydroxyl groups is 2. The second-order valence-corrected chi connectivity index (χ2v) is 8.16. The molecule has 2 aromatic carbocycles. The number of nitrogens with zero attached hydrogens (tertiary/aromatic N) is 2. The SMILES string of the molecule is CCOc1ccc(C2CCCN2C(=O)C(O)C(O)c2nc3ccccc3s2)cc1. The van der Waals surface area contributed by atoms with Crippen LogP contribution in [0.15, 0.2) is 48.5 Å². The van der Waals surface area contributed by atoms with Gasteiger partial charge in [-0.2, -0.15) is 0 Å². The summed E-state index contributed by atoms with van der Waals surface area (Å²) in [5, 5.41) is 21.6. The predicted octanol–water partition coefficient (Wildman–Crippen LogP) is 3.45. The number of hydrogen-bond donors (Lipinski definition) is 2. The number of ether oxygens (including phenoxy) is 1. The molecule has 1 amide bonds. The fraction of sp³-hybridized carbons (Fsp3) is 0.364. The summed E-state index contributed by atoms with van der Waals surface area (Å²) >= 11 is 1.29. The predicted molar refractivity (Wildman–Crippen MR) is 112 cm³/mol. The molecule has 1 aliphatic rings. The number of thiazole rings is 1. The number of aliphatic hydroxyl groups excluding tert-OH is 2. The molecule has 3 unspecified atom stereocenters. The average Bonchev–Trinajstić information content (AvgIpc) is 3.40. The van der Waals surface area contributed by atoms with Crippen LogP contribution in [0.4, 0.5) is 0 Å². The summed E-state index contributed by atoms with van der Waals surface area (Å²) in [6.07, 6.45) is -1.21. The molecule has 0 saturated carbocycles. The Morgan fingerprint density at radius 2 is 2.00 bits per heavy atom. The zero-order valence-electron chi connectivity index (χ0n) is 16.2. The maximum atomic E-state index is 13.0. The van der Waals surface area contributed by atoms with Gasteiger partial charge in [0.15, 0.2) is 6.10 Å². The van der Waals surface area contributed by atoms with Gasteiger partial charge in [-0.3, -0.25) is 4.79 Å². The van der Waals surface area contributed by atoms with E-state index in [4.69, 9.17) is 4.74 Å². The van der Waals surface area contributed by atoms with Crippen molar-refractivity contribution in [3.63, 3.8) is 0 Å². The summed E-state index contributed by atoms with van der Waals surface area (Å²) in [6, 6.07) is 15.1. The minimum absolute atomic E-state index is 0.115. The van der Waals surface area contributed by atoms with Crippen LogP contribution >= 0.6 is 11.3 Å². The van der Waals surface area contributed by atoms with Crippen molar-refractivity contribution >= 4 is 27.5 Å². The maximum Gasteiger partial charge on any atom is 0.255 e. The van der Waals surface area contributed by atoms with Crippen LogP contribution in [0.3, 0.4) is 0 Å². The molecule has 1 aliphatic heterocycles. The fourth-order valence-electron chi connectivity index (χ4n) is 3.79. The van der Waals surface area contributed by atoms with E-state index in [2.05, 4.69) is 4.98 Å². The van der Waals surface area contributed by atoms with Gasteiger partial charge < -0.3 is 19.8 Å². The Bertz CT molecular complexity index is 955. The number of benzene rings is 2. The Kier molecular flexibility index (Phi) is 5.80. The lowest BCUT2D eigenvalue weighted by atomic mass is 10.0. The van der Waals surface area contributed by atoms with E-state index < -0.39 is 18.1 Å². The highest BCUT2D eigenvalue weighted by molar-refractivity contribution is 7.18. The third-order valence-corrected chi connectivity index (χ3v) is 6.33. The molecule has 0 aliphatic carbocycles. The normalized spacial score (nSPS) is 18.7. The van der Waals surface area contributed by atoms with Gasteiger partial charge in [-0.15, -0.1) is 11.3 Å². The van der Waals surface area contributed by atoms with E-state index in [1.165, 1.54) is 11.3 Å². The van der Waals surface area contributed by atoms with Crippen LogP contribution < -0.4 is 4.74 Å². The van der Waals surface area contributed by atoms with E-state index >= 15 is 0 Å². The van der Waals surface area contributed by atoms with E-state index in [1.807, 2.05) is 55.5 Å². The van der Waals surface area contributed by atoms with E-state index in [0.29, 0.717) is 18.2 Å². The first-order chi connectivity index (χ1) is 14.1. The standard InChI is InChI=1S/C22H24N2O4S/c1-2-28-15-11-9-14(10-12-15)17-7-5-13-24(17)22(27)20(26)19(25)21-23-16-6-3-4-8-18(16)29-21/h3-4,6,8-12,17,19-20,25-26H,2,5,7,13H2,1H3. The number of para-hydroxylation sites is 1. The number of amides is 1. The smallest absolute Gasteiger partial charge is 0.255 e. The van der Waals surface area contributed by atoms with Crippen LogP contribution in [0.25, 0.3) is 10.2 Å². The molecule has 3 atom stereocenters. The van der Waals surface area contributed by atoms with Gasteiger partial charge in [-0.05, 0) is 49.6 Å². The zero-order chi connectivity index (χ0) is 20.4. The van der Waals surface area contributed by atoms with Crippen LogP contribution in [0.5, 0.6) is 5.75 Å². The van der Waals surface area contributed by atoms with Gasteiger partial charge in [0, 0.05) is 6.54 Å². The summed E-state index contributed by atoms with van der Waals surface area (Å²) in [6.45, 7) is 3.09. The minimum atomic E-state index is -1.54. The topological polar surface area (TPSA) is 82.9 Å². The van der Waals surface area contributed by atoms with Crippen LogP contribution in [0, 0.1) is 0 Å². The van der Waals surface area contributed by atoms with Gasteiger partial charge >= 0.3 is 0 Å². The molecule has 1 fully saturated rings. The van der Waals surface area contributed by atoms with Crippen molar-refractivity contribution in [2.24, 2.45) is 0 Å². The van der Waals surface area contributed by atoms with Crippen molar-refractivity contribution in [3.8, 4) is 5.75 Å². The van der Waals surface area contributed by atoms with E-state index in [1.54, 1.807) is 4.90 Å². The summed E-state index contributed by atoms with van der Waals surface area (Å²) in [4.78, 5) is 19.0. The van der Waals surface area contributed by atoms with Gasteiger partial charge in [0.1, 0.15) is 16.9 Å². The Labute approximate surface area is 173 Å². The summed E-state index contributed by atoms with van der Waals surface area (Å²) in [5.74, 6) is 0.326. The van der Waals surface area contributed by atoms with Crippen LogP contribution in [-0.4, -0.2) is 45.3 Å². The first-order valence-electron chi connectivity index (χ1n) is 9.83. The summed E-state index contributed by atoms with van der Waals surface area (Å²) < 4.78 is 6.39. The Balaban J connectivity index is 1.50. The number of hydrogen-bond acceptors (Lipinski definition) is 6. The molecular formula is C22H24N2O4S. The number of likely N-dealkylation sites (tertiary alicyclic amines) is 1. The number of carbonyl (C=O) groups is 1. The highest BCUT2D eigenvalue weighted by atomic mass is 32.1. The monoisotopic (exact) mass is 412 g/mol. The number of rotatable bonds is 6. The van der Waals surface area contributed by atoms with Crippen LogP contribution in [0.2, 0.25) is 0 Å². The van der Waals surface area contributed by atoms with Gasteiger partial charge in [-0.1, -0.05) is 24.3 Å². The molecule has 2 heterocycles. The molecule has 4 rings (SSSR count). The lowest BCUT2D eigenvalue weighted by molar-refractivity contribution is -0.147. The summed E-state index contributed by atoms with van der Waals surface area (Å²) in [5.41, 5.74) is 1.75. The van der Waals surface area contributed by atoms with Crippen LogP contribution in [0.1, 0.15) is 42.5 Å². The Hall–Kier alpha value is -2.48. The zero-order valence-corrected chi connectivity index (χ0v) is 17.0. The number of aromatic nitrogens is 1. The lowest BCUT2D eigenvalue weighted by Gasteiger charge is -2.28. The third-order valence-electron chi connectivity index (χ3n) is 5.23. The molecular weight excluding hydrogens is 388 g/mol. The first-order valence-corrected chi connectivity index (χ1v) is 10.6. The minimum Gasteiger partial charge on any atom is -0.494 e. The molecule has 0 radical (unpaired) electrons. The Morgan fingerprint density at radius 3 is 2.72 bits per heavy atom. The van der Waals surface area contributed by atoms with Crippen molar-refractivity contribution < 1.29 is 19.7 Å². The third kappa shape index (κ3) is 3.99. The van der Waals surface area contributed by atoms with E-state index in [-0.39, 0.29) is 6.04 Å². The highest BCUT2D eigenvalue weighted by Gasteiger charge is 2.37. The second kappa shape index (κ2) is 8.49. The first kappa shape index (κ1) is 19.8. The quantitative estimate of drug-likeness (QED) is 0.648. The van der Waals surface area contributed by atoms with E-state index in [9.17, 15) is 15.0 Å². The molecule has 1 saturated heterocycles. The lowest BCUT2D eigenvalue weighted by Crippen LogP contribution is -2.41. The van der Waals surface area contributed by atoms with Crippen molar-refractivity contribution in [3.05, 3.63) is 59.1 Å². The van der Waals surface area contributed by atoms with Crippen molar-refractivity contribution in [2.45, 2.75) is 38.0 Å². The molecule has 29 heavy (non-hydrogen) atoms. The highest BCUT2D eigenvalue weighted by Crippen LogP contribution is 2.35. The number of fused-ring (bicyclic) bond motifs is 1.